The first-order valence-corrected chi connectivity index (χ1v) is 6.37. The molecule has 1 rings (SSSR count). The molecule has 4 heteroatoms. The van der Waals surface area contributed by atoms with Crippen LogP contribution in [0.2, 0.25) is 0 Å². The fourth-order valence-corrected chi connectivity index (χ4v) is 2.33. The Bertz CT molecular complexity index is 432. The van der Waals surface area contributed by atoms with Gasteiger partial charge in [0, 0.05) is 28.2 Å². The van der Waals surface area contributed by atoms with Crippen molar-refractivity contribution in [3.63, 3.8) is 0 Å². The number of rotatable bonds is 4. The van der Waals surface area contributed by atoms with Gasteiger partial charge in [-0.15, -0.1) is 0 Å². The lowest BCUT2D eigenvalue weighted by molar-refractivity contribution is -0.147. The molecule has 0 saturated carbocycles. The van der Waals surface area contributed by atoms with Gasteiger partial charge in [-0.3, -0.25) is 9.59 Å². The SMILES string of the molecule is CCC(C(=O)N(C)C)(C(=O)N(C)C)c1ccccc1. The van der Waals surface area contributed by atoms with E-state index in [-0.39, 0.29) is 11.8 Å². The highest BCUT2D eigenvalue weighted by molar-refractivity contribution is 6.10. The van der Waals surface area contributed by atoms with Gasteiger partial charge in [-0.25, -0.2) is 0 Å². The molecule has 0 aliphatic carbocycles. The summed E-state index contributed by atoms with van der Waals surface area (Å²) < 4.78 is 0. The molecule has 0 aliphatic rings. The normalized spacial score (nSPS) is 11.0. The molecule has 19 heavy (non-hydrogen) atoms. The first kappa shape index (κ1) is 15.2. The third-order valence-electron chi connectivity index (χ3n) is 3.34. The maximum atomic E-state index is 12.6. The summed E-state index contributed by atoms with van der Waals surface area (Å²) in [6, 6.07) is 9.26. The summed E-state index contributed by atoms with van der Waals surface area (Å²) >= 11 is 0. The highest BCUT2D eigenvalue weighted by Gasteiger charge is 2.47. The molecule has 2 amide bonds. The van der Waals surface area contributed by atoms with E-state index in [1.165, 1.54) is 9.80 Å². The topological polar surface area (TPSA) is 40.6 Å². The molecule has 1 aromatic rings. The summed E-state index contributed by atoms with van der Waals surface area (Å²) in [6.45, 7) is 1.87. The zero-order valence-corrected chi connectivity index (χ0v) is 12.3. The van der Waals surface area contributed by atoms with Crippen molar-refractivity contribution >= 4 is 11.8 Å². The summed E-state index contributed by atoms with van der Waals surface area (Å²) in [5.74, 6) is -0.361. The van der Waals surface area contributed by atoms with Gasteiger partial charge in [0.25, 0.3) is 0 Å². The summed E-state index contributed by atoms with van der Waals surface area (Å²) in [6.07, 6.45) is 0.436. The zero-order valence-electron chi connectivity index (χ0n) is 12.3. The summed E-state index contributed by atoms with van der Waals surface area (Å²) in [7, 11) is 6.72. The number of amides is 2. The maximum Gasteiger partial charge on any atom is 0.242 e. The number of likely N-dealkylation sites (N-methyl/N-ethyl adjacent to an activating group) is 2. The van der Waals surface area contributed by atoms with Gasteiger partial charge in [0.1, 0.15) is 0 Å². The van der Waals surface area contributed by atoms with Crippen molar-refractivity contribution in [2.75, 3.05) is 28.2 Å². The third-order valence-corrected chi connectivity index (χ3v) is 3.34. The van der Waals surface area contributed by atoms with Crippen LogP contribution in [0, 0.1) is 0 Å². The van der Waals surface area contributed by atoms with Crippen LogP contribution in [0.4, 0.5) is 0 Å². The number of nitrogens with zero attached hydrogens (tertiary/aromatic N) is 2. The molecule has 0 aromatic heterocycles. The van der Waals surface area contributed by atoms with Gasteiger partial charge in [-0.2, -0.15) is 0 Å². The second kappa shape index (κ2) is 5.87. The first-order chi connectivity index (χ1) is 8.87. The Morgan fingerprint density at radius 3 is 1.68 bits per heavy atom. The number of carbonyl (C=O) groups is 2. The molecular weight excluding hydrogens is 240 g/mol. The maximum absolute atomic E-state index is 12.6. The van der Waals surface area contributed by atoms with Gasteiger partial charge in [-0.1, -0.05) is 37.3 Å². The molecular formula is C15H22N2O2. The Balaban J connectivity index is 3.47. The van der Waals surface area contributed by atoms with E-state index in [0.29, 0.717) is 6.42 Å². The molecule has 0 heterocycles. The molecule has 0 radical (unpaired) electrons. The van der Waals surface area contributed by atoms with Crippen LogP contribution in [0.1, 0.15) is 18.9 Å². The van der Waals surface area contributed by atoms with Crippen LogP contribution in [0.15, 0.2) is 30.3 Å². The molecule has 0 saturated heterocycles. The predicted octanol–water partition coefficient (Wildman–Crippen LogP) is 1.51. The largest absolute Gasteiger partial charge is 0.348 e. The molecule has 0 bridgehead atoms. The molecule has 0 atom stereocenters. The Morgan fingerprint density at radius 2 is 1.37 bits per heavy atom. The highest BCUT2D eigenvalue weighted by Crippen LogP contribution is 2.31. The van der Waals surface area contributed by atoms with Crippen LogP contribution in [-0.2, 0) is 15.0 Å². The monoisotopic (exact) mass is 262 g/mol. The Labute approximate surface area is 115 Å². The number of carbonyl (C=O) groups excluding carboxylic acids is 2. The van der Waals surface area contributed by atoms with Gasteiger partial charge < -0.3 is 9.80 Å². The molecule has 0 aliphatic heterocycles. The summed E-state index contributed by atoms with van der Waals surface area (Å²) in [5, 5.41) is 0. The van der Waals surface area contributed by atoms with E-state index in [9.17, 15) is 9.59 Å². The minimum atomic E-state index is -1.13. The second-order valence-corrected chi connectivity index (χ2v) is 5.02. The van der Waals surface area contributed by atoms with Gasteiger partial charge >= 0.3 is 0 Å². The molecule has 0 spiro atoms. The van der Waals surface area contributed by atoms with Crippen LogP contribution >= 0.6 is 0 Å². The van der Waals surface area contributed by atoms with Crippen LogP contribution in [0.3, 0.4) is 0 Å². The van der Waals surface area contributed by atoms with Crippen molar-refractivity contribution in [2.24, 2.45) is 0 Å². The molecule has 1 aromatic carbocycles. The van der Waals surface area contributed by atoms with E-state index in [0.717, 1.165) is 5.56 Å². The lowest BCUT2D eigenvalue weighted by atomic mass is 9.75. The van der Waals surface area contributed by atoms with E-state index in [2.05, 4.69) is 0 Å². The lowest BCUT2D eigenvalue weighted by Gasteiger charge is -2.35. The molecule has 0 N–H and O–H groups in total. The minimum absolute atomic E-state index is 0.181. The van der Waals surface area contributed by atoms with Gasteiger partial charge in [0.15, 0.2) is 5.41 Å². The average Bonchev–Trinajstić information content (AvgIpc) is 2.40. The smallest absolute Gasteiger partial charge is 0.242 e. The standard InChI is InChI=1S/C15H22N2O2/c1-6-15(13(18)16(2)3,14(19)17(4)5)12-10-8-7-9-11-12/h7-11H,6H2,1-5H3. The van der Waals surface area contributed by atoms with Gasteiger partial charge in [0.2, 0.25) is 11.8 Å². The van der Waals surface area contributed by atoms with Crippen LogP contribution in [-0.4, -0.2) is 49.8 Å². The van der Waals surface area contributed by atoms with E-state index < -0.39 is 5.41 Å². The zero-order chi connectivity index (χ0) is 14.6. The van der Waals surface area contributed by atoms with Crippen molar-refractivity contribution in [3.05, 3.63) is 35.9 Å². The first-order valence-electron chi connectivity index (χ1n) is 6.37. The van der Waals surface area contributed by atoms with Crippen molar-refractivity contribution in [2.45, 2.75) is 18.8 Å². The van der Waals surface area contributed by atoms with Crippen LogP contribution in [0.25, 0.3) is 0 Å². The fourth-order valence-electron chi connectivity index (χ4n) is 2.33. The van der Waals surface area contributed by atoms with Crippen LogP contribution < -0.4 is 0 Å². The average molecular weight is 262 g/mol. The number of hydrogen-bond acceptors (Lipinski definition) is 2. The highest BCUT2D eigenvalue weighted by atomic mass is 16.2. The summed E-state index contributed by atoms with van der Waals surface area (Å²) in [4.78, 5) is 28.2. The van der Waals surface area contributed by atoms with E-state index in [1.54, 1.807) is 28.2 Å². The van der Waals surface area contributed by atoms with E-state index >= 15 is 0 Å². The van der Waals surface area contributed by atoms with E-state index in [4.69, 9.17) is 0 Å². The Hall–Kier alpha value is -1.84. The second-order valence-electron chi connectivity index (χ2n) is 5.02. The van der Waals surface area contributed by atoms with Gasteiger partial charge in [0.05, 0.1) is 0 Å². The van der Waals surface area contributed by atoms with E-state index in [1.807, 2.05) is 37.3 Å². The van der Waals surface area contributed by atoms with Crippen molar-refractivity contribution in [3.8, 4) is 0 Å². The third kappa shape index (κ3) is 2.62. The van der Waals surface area contributed by atoms with Crippen LogP contribution in [0.5, 0.6) is 0 Å². The predicted molar refractivity (Wildman–Crippen MR) is 75.8 cm³/mol. The number of hydrogen-bond donors (Lipinski definition) is 0. The molecule has 0 unspecified atom stereocenters. The lowest BCUT2D eigenvalue weighted by Crippen LogP contribution is -2.53. The molecule has 4 nitrogen and oxygen atoms in total. The van der Waals surface area contributed by atoms with Crippen molar-refractivity contribution < 1.29 is 9.59 Å². The fraction of sp³-hybridized carbons (Fsp3) is 0.467. The number of benzene rings is 1. The molecule has 0 fully saturated rings. The van der Waals surface area contributed by atoms with Crippen molar-refractivity contribution in [1.82, 2.24) is 9.80 Å². The Morgan fingerprint density at radius 1 is 0.947 bits per heavy atom. The van der Waals surface area contributed by atoms with Gasteiger partial charge in [-0.05, 0) is 12.0 Å². The summed E-state index contributed by atoms with van der Waals surface area (Å²) in [5.41, 5.74) is -0.385. The van der Waals surface area contributed by atoms with Crippen molar-refractivity contribution in [1.29, 1.82) is 0 Å². The molecule has 104 valence electrons. The minimum Gasteiger partial charge on any atom is -0.348 e. The Kier molecular flexibility index (Phi) is 4.70. The quantitative estimate of drug-likeness (QED) is 0.772.